The summed E-state index contributed by atoms with van der Waals surface area (Å²) in [6.07, 6.45) is 1.92. The van der Waals surface area contributed by atoms with Gasteiger partial charge in [0.25, 0.3) is 0 Å². The molecule has 3 rings (SSSR count). The molecule has 0 radical (unpaired) electrons. The van der Waals surface area contributed by atoms with Gasteiger partial charge < -0.3 is 15.0 Å². The van der Waals surface area contributed by atoms with Gasteiger partial charge in [-0.2, -0.15) is 0 Å². The second-order valence-electron chi connectivity index (χ2n) is 6.88. The number of rotatable bonds is 7. The van der Waals surface area contributed by atoms with Crippen molar-refractivity contribution in [3.05, 3.63) is 71.3 Å². The monoisotopic (exact) mass is 366 g/mol. The largest absolute Gasteiger partial charge is 0.380 e. The van der Waals surface area contributed by atoms with E-state index in [9.17, 15) is 9.59 Å². The first kappa shape index (κ1) is 19.1. The van der Waals surface area contributed by atoms with Crippen LogP contribution in [0.2, 0.25) is 0 Å². The number of methoxy groups -OCH3 is 1. The molecule has 1 atom stereocenters. The molecule has 2 aromatic carbocycles. The van der Waals surface area contributed by atoms with E-state index in [2.05, 4.69) is 5.32 Å². The predicted octanol–water partition coefficient (Wildman–Crippen LogP) is 2.68. The van der Waals surface area contributed by atoms with Gasteiger partial charge in [-0.25, -0.2) is 0 Å². The van der Waals surface area contributed by atoms with Gasteiger partial charge in [-0.05, 0) is 29.5 Å². The van der Waals surface area contributed by atoms with Crippen LogP contribution in [0.1, 0.15) is 29.5 Å². The zero-order valence-electron chi connectivity index (χ0n) is 15.7. The molecule has 1 saturated heterocycles. The first-order chi connectivity index (χ1) is 13.2. The molecule has 0 aliphatic carbocycles. The highest BCUT2D eigenvalue weighted by atomic mass is 16.5. The van der Waals surface area contributed by atoms with Crippen LogP contribution >= 0.6 is 0 Å². The molecule has 1 fully saturated rings. The van der Waals surface area contributed by atoms with Crippen molar-refractivity contribution in [1.29, 1.82) is 0 Å². The molecule has 1 unspecified atom stereocenters. The van der Waals surface area contributed by atoms with Gasteiger partial charge in [0.1, 0.15) is 6.04 Å². The van der Waals surface area contributed by atoms with E-state index in [1.54, 1.807) is 12.0 Å². The fraction of sp³-hybridized carbons (Fsp3) is 0.364. The third-order valence-electron chi connectivity index (χ3n) is 4.84. The Balaban J connectivity index is 1.57. The lowest BCUT2D eigenvalue weighted by atomic mass is 10.1. The van der Waals surface area contributed by atoms with Gasteiger partial charge in [-0.15, -0.1) is 0 Å². The number of benzene rings is 2. The molecule has 5 heteroatoms. The van der Waals surface area contributed by atoms with E-state index in [0.717, 1.165) is 29.5 Å². The van der Waals surface area contributed by atoms with Gasteiger partial charge in [0, 0.05) is 20.2 Å². The maximum atomic E-state index is 12.7. The van der Waals surface area contributed by atoms with Crippen LogP contribution < -0.4 is 5.32 Å². The summed E-state index contributed by atoms with van der Waals surface area (Å²) in [6.45, 7) is 1.65. The number of ether oxygens (including phenoxy) is 1. The Labute approximate surface area is 160 Å². The number of hydrogen-bond acceptors (Lipinski definition) is 3. The van der Waals surface area contributed by atoms with Crippen LogP contribution in [-0.4, -0.2) is 36.4 Å². The highest BCUT2D eigenvalue weighted by Gasteiger charge is 2.33. The van der Waals surface area contributed by atoms with Gasteiger partial charge in [-0.3, -0.25) is 9.59 Å². The van der Waals surface area contributed by atoms with E-state index in [0.29, 0.717) is 26.1 Å². The van der Waals surface area contributed by atoms with Crippen molar-refractivity contribution in [3.8, 4) is 0 Å². The lowest BCUT2D eigenvalue weighted by Gasteiger charge is -2.24. The molecular weight excluding hydrogens is 340 g/mol. The van der Waals surface area contributed by atoms with Crippen LogP contribution in [0, 0.1) is 0 Å². The molecular formula is C22H26N2O3. The summed E-state index contributed by atoms with van der Waals surface area (Å²) in [5, 5.41) is 2.99. The maximum Gasteiger partial charge on any atom is 0.243 e. The standard InChI is InChI=1S/C22H26N2O3/c1-27-16-19-10-5-9-18(13-19)15-23-22(26)20-11-6-12-24(20)21(25)14-17-7-3-2-4-8-17/h2-5,7-10,13,20H,6,11-12,14-16H2,1H3,(H,23,26). The molecule has 142 valence electrons. The molecule has 0 saturated carbocycles. The topological polar surface area (TPSA) is 58.6 Å². The van der Waals surface area contributed by atoms with E-state index in [4.69, 9.17) is 4.74 Å². The average molecular weight is 366 g/mol. The number of likely N-dealkylation sites (tertiary alicyclic amines) is 1. The van der Waals surface area contributed by atoms with E-state index >= 15 is 0 Å². The van der Waals surface area contributed by atoms with Crippen LogP contribution in [0.3, 0.4) is 0 Å². The Hall–Kier alpha value is -2.66. The summed E-state index contributed by atoms with van der Waals surface area (Å²) < 4.78 is 5.15. The smallest absolute Gasteiger partial charge is 0.243 e. The van der Waals surface area contributed by atoms with Crippen molar-refractivity contribution >= 4 is 11.8 Å². The Morgan fingerprint density at radius 1 is 1.07 bits per heavy atom. The van der Waals surface area contributed by atoms with Crippen molar-refractivity contribution in [2.75, 3.05) is 13.7 Å². The second kappa shape index (κ2) is 9.33. The summed E-state index contributed by atoms with van der Waals surface area (Å²) in [5.74, 6) is -0.0630. The van der Waals surface area contributed by atoms with Gasteiger partial charge in [0.2, 0.25) is 11.8 Å². The van der Waals surface area contributed by atoms with Gasteiger partial charge in [0.15, 0.2) is 0 Å². The van der Waals surface area contributed by atoms with Crippen molar-refractivity contribution in [2.24, 2.45) is 0 Å². The number of carbonyl (C=O) groups is 2. The Kier molecular flexibility index (Phi) is 6.60. The molecule has 2 amide bonds. The number of amides is 2. The molecule has 0 spiro atoms. The minimum Gasteiger partial charge on any atom is -0.380 e. The van der Waals surface area contributed by atoms with Crippen molar-refractivity contribution in [3.63, 3.8) is 0 Å². The van der Waals surface area contributed by atoms with Crippen LogP contribution in [-0.2, 0) is 33.9 Å². The van der Waals surface area contributed by atoms with Crippen LogP contribution in [0.5, 0.6) is 0 Å². The third kappa shape index (κ3) is 5.17. The molecule has 1 aliphatic rings. The first-order valence-corrected chi connectivity index (χ1v) is 9.35. The lowest BCUT2D eigenvalue weighted by molar-refractivity contribution is -0.138. The minimum atomic E-state index is -0.372. The summed E-state index contributed by atoms with van der Waals surface area (Å²) in [5.41, 5.74) is 3.08. The molecule has 1 heterocycles. The Bertz CT molecular complexity index is 776. The fourth-order valence-electron chi connectivity index (χ4n) is 3.51. The summed E-state index contributed by atoms with van der Waals surface area (Å²) in [4.78, 5) is 27.0. The van der Waals surface area contributed by atoms with E-state index in [1.165, 1.54) is 0 Å². The van der Waals surface area contributed by atoms with Gasteiger partial charge in [-0.1, -0.05) is 54.6 Å². The molecule has 1 aliphatic heterocycles. The highest BCUT2D eigenvalue weighted by molar-refractivity contribution is 5.89. The lowest BCUT2D eigenvalue weighted by Crippen LogP contribution is -2.46. The maximum absolute atomic E-state index is 12.7. The van der Waals surface area contributed by atoms with Crippen molar-refractivity contribution < 1.29 is 14.3 Å². The third-order valence-corrected chi connectivity index (χ3v) is 4.84. The van der Waals surface area contributed by atoms with Crippen molar-refractivity contribution in [2.45, 2.75) is 38.5 Å². The molecule has 27 heavy (non-hydrogen) atoms. The highest BCUT2D eigenvalue weighted by Crippen LogP contribution is 2.19. The zero-order chi connectivity index (χ0) is 19.1. The fourth-order valence-corrected chi connectivity index (χ4v) is 3.51. The Morgan fingerprint density at radius 2 is 1.81 bits per heavy atom. The van der Waals surface area contributed by atoms with Crippen molar-refractivity contribution in [1.82, 2.24) is 10.2 Å². The van der Waals surface area contributed by atoms with E-state index in [-0.39, 0.29) is 17.9 Å². The number of hydrogen-bond donors (Lipinski definition) is 1. The molecule has 0 bridgehead atoms. The van der Waals surface area contributed by atoms with Gasteiger partial charge >= 0.3 is 0 Å². The number of carbonyl (C=O) groups excluding carboxylic acids is 2. The summed E-state index contributed by atoms with van der Waals surface area (Å²) in [6, 6.07) is 17.2. The second-order valence-corrected chi connectivity index (χ2v) is 6.88. The SMILES string of the molecule is COCc1cccc(CNC(=O)C2CCCN2C(=O)Cc2ccccc2)c1. The quantitative estimate of drug-likeness (QED) is 0.820. The van der Waals surface area contributed by atoms with Crippen LogP contribution in [0.4, 0.5) is 0 Å². The Morgan fingerprint density at radius 3 is 2.59 bits per heavy atom. The number of nitrogens with one attached hydrogen (secondary N) is 1. The van der Waals surface area contributed by atoms with Crippen LogP contribution in [0.15, 0.2) is 54.6 Å². The minimum absolute atomic E-state index is 0.0148. The predicted molar refractivity (Wildman–Crippen MR) is 104 cm³/mol. The molecule has 2 aromatic rings. The number of nitrogens with zero attached hydrogens (tertiary/aromatic N) is 1. The van der Waals surface area contributed by atoms with Crippen LogP contribution in [0.25, 0.3) is 0 Å². The van der Waals surface area contributed by atoms with E-state index < -0.39 is 0 Å². The summed E-state index contributed by atoms with van der Waals surface area (Å²) >= 11 is 0. The average Bonchev–Trinajstić information content (AvgIpc) is 3.18. The molecule has 0 aromatic heterocycles. The van der Waals surface area contributed by atoms with E-state index in [1.807, 2.05) is 54.6 Å². The molecule has 5 nitrogen and oxygen atoms in total. The zero-order valence-corrected chi connectivity index (χ0v) is 15.7. The first-order valence-electron chi connectivity index (χ1n) is 9.35. The molecule has 1 N–H and O–H groups in total. The summed E-state index contributed by atoms with van der Waals surface area (Å²) in [7, 11) is 1.66. The normalized spacial score (nSPS) is 16.3. The van der Waals surface area contributed by atoms with Gasteiger partial charge in [0.05, 0.1) is 13.0 Å².